The van der Waals surface area contributed by atoms with Crippen LogP contribution in [0.25, 0.3) is 0 Å². The molecule has 0 aliphatic carbocycles. The number of nitrogens with one attached hydrogen (secondary N) is 1. The maximum atomic E-state index is 12.5. The van der Waals surface area contributed by atoms with Gasteiger partial charge >= 0.3 is 5.97 Å². The van der Waals surface area contributed by atoms with Gasteiger partial charge in [0.2, 0.25) is 5.91 Å². The Morgan fingerprint density at radius 2 is 2.12 bits per heavy atom. The maximum absolute atomic E-state index is 12.5. The third kappa shape index (κ3) is 3.74. The van der Waals surface area contributed by atoms with Gasteiger partial charge in [-0.25, -0.2) is 4.79 Å². The van der Waals surface area contributed by atoms with E-state index in [0.717, 1.165) is 5.56 Å². The van der Waals surface area contributed by atoms with Crippen LogP contribution in [0.5, 0.6) is 0 Å². The molecule has 1 aromatic carbocycles. The fourth-order valence-corrected chi connectivity index (χ4v) is 5.15. The number of thioether (sulfide) groups is 2. The average molecular weight is 394 g/mol. The smallest absolute Gasteiger partial charge is 0.353 e. The molecule has 7 nitrogen and oxygen atoms in total. The molecule has 1 saturated heterocycles. The van der Waals surface area contributed by atoms with E-state index in [-0.39, 0.29) is 23.4 Å². The Labute approximate surface area is 159 Å². The van der Waals surface area contributed by atoms with Gasteiger partial charge in [0.05, 0.1) is 12.4 Å². The lowest BCUT2D eigenvalue weighted by Crippen LogP contribution is -2.70. The van der Waals surface area contributed by atoms with Crippen molar-refractivity contribution < 1.29 is 24.2 Å². The van der Waals surface area contributed by atoms with Crippen LogP contribution in [0.2, 0.25) is 0 Å². The second kappa shape index (κ2) is 8.15. The first kappa shape index (κ1) is 18.8. The van der Waals surface area contributed by atoms with Gasteiger partial charge in [-0.05, 0) is 5.56 Å². The summed E-state index contributed by atoms with van der Waals surface area (Å²) in [5.41, 5.74) is 0.851. The summed E-state index contributed by atoms with van der Waals surface area (Å²) in [6.07, 6.45) is 0.179. The van der Waals surface area contributed by atoms with Crippen molar-refractivity contribution in [3.05, 3.63) is 46.5 Å². The van der Waals surface area contributed by atoms with Crippen molar-refractivity contribution in [2.45, 2.75) is 17.8 Å². The highest BCUT2D eigenvalue weighted by atomic mass is 32.2. The Morgan fingerprint density at radius 3 is 2.77 bits per heavy atom. The molecule has 2 N–H and O–H groups in total. The van der Waals surface area contributed by atoms with E-state index in [1.807, 2.05) is 30.3 Å². The molecule has 0 aromatic heterocycles. The van der Waals surface area contributed by atoms with Crippen molar-refractivity contribution in [3.8, 4) is 0 Å². The molecule has 1 aromatic rings. The van der Waals surface area contributed by atoms with Crippen LogP contribution in [0.3, 0.4) is 0 Å². The van der Waals surface area contributed by atoms with E-state index >= 15 is 0 Å². The molecule has 0 spiro atoms. The zero-order valence-electron chi connectivity index (χ0n) is 14.0. The van der Waals surface area contributed by atoms with Gasteiger partial charge in [-0.2, -0.15) is 0 Å². The number of hydrogen-bond donors (Lipinski definition) is 2. The summed E-state index contributed by atoms with van der Waals surface area (Å²) in [7, 11) is 1.53. The number of aliphatic carboxylic acids is 1. The number of carboxylic acids is 1. The first-order valence-electron chi connectivity index (χ1n) is 7.89. The Morgan fingerprint density at radius 1 is 1.38 bits per heavy atom. The molecular formula is C17H18N2O5S2. The lowest BCUT2D eigenvalue weighted by Gasteiger charge is -2.49. The lowest BCUT2D eigenvalue weighted by molar-refractivity contribution is -0.150. The fourth-order valence-electron chi connectivity index (χ4n) is 2.84. The molecule has 2 aliphatic heterocycles. The van der Waals surface area contributed by atoms with Crippen molar-refractivity contribution in [2.24, 2.45) is 0 Å². The summed E-state index contributed by atoms with van der Waals surface area (Å²) < 4.78 is 4.98. The van der Waals surface area contributed by atoms with E-state index in [2.05, 4.69) is 5.32 Å². The number of benzene rings is 1. The summed E-state index contributed by atoms with van der Waals surface area (Å²) in [6, 6.07) is 8.55. The van der Waals surface area contributed by atoms with Gasteiger partial charge in [0.15, 0.2) is 0 Å². The highest BCUT2D eigenvalue weighted by Crippen LogP contribution is 2.43. The molecule has 0 unspecified atom stereocenters. The van der Waals surface area contributed by atoms with Crippen molar-refractivity contribution in [1.82, 2.24) is 10.2 Å². The first-order chi connectivity index (χ1) is 12.5. The van der Waals surface area contributed by atoms with E-state index in [9.17, 15) is 19.5 Å². The van der Waals surface area contributed by atoms with Crippen molar-refractivity contribution >= 4 is 41.3 Å². The Hall–Kier alpha value is -1.97. The molecule has 138 valence electrons. The summed E-state index contributed by atoms with van der Waals surface area (Å²) >= 11 is 2.71. The van der Waals surface area contributed by atoms with Crippen LogP contribution < -0.4 is 5.32 Å². The van der Waals surface area contributed by atoms with Crippen LogP contribution in [-0.4, -0.2) is 58.0 Å². The number of amides is 2. The lowest BCUT2D eigenvalue weighted by atomic mass is 10.0. The molecule has 2 aliphatic rings. The molecule has 9 heteroatoms. The molecular weight excluding hydrogens is 376 g/mol. The van der Waals surface area contributed by atoms with E-state index in [1.54, 1.807) is 0 Å². The summed E-state index contributed by atoms with van der Waals surface area (Å²) in [5, 5.41) is 11.9. The number of carbonyl (C=O) groups is 3. The molecule has 0 radical (unpaired) electrons. The number of methoxy groups -OCH3 is 1. The summed E-state index contributed by atoms with van der Waals surface area (Å²) in [5.74, 6) is -1.01. The van der Waals surface area contributed by atoms with Gasteiger partial charge in [0.1, 0.15) is 17.1 Å². The van der Waals surface area contributed by atoms with Crippen LogP contribution in [0.4, 0.5) is 0 Å². The standard InChI is InChI=1S/C17H18N2O5S2/c1-24-9-26-11-8-25-16-13(15(21)19(16)14(11)17(22)23)18-12(20)7-10-5-3-2-4-6-10/h2-6,13,16H,7-9H2,1H3,(H,18,20)(H,22,23)/t13-,16-/m1/s1. The van der Waals surface area contributed by atoms with E-state index < -0.39 is 17.9 Å². The number of β-lactam (4-membered cyclic amide) rings is 1. The molecule has 2 amide bonds. The first-order valence-corrected chi connectivity index (χ1v) is 9.92. The van der Waals surface area contributed by atoms with E-state index in [0.29, 0.717) is 16.6 Å². The number of ether oxygens (including phenoxy) is 1. The Bertz CT molecular complexity index is 753. The third-order valence-electron chi connectivity index (χ3n) is 4.01. The second-order valence-electron chi connectivity index (χ2n) is 5.75. The van der Waals surface area contributed by atoms with E-state index in [1.165, 1.54) is 35.5 Å². The normalized spacial score (nSPS) is 21.9. The zero-order valence-corrected chi connectivity index (χ0v) is 15.6. The maximum Gasteiger partial charge on any atom is 0.353 e. The van der Waals surface area contributed by atoms with Crippen molar-refractivity contribution in [3.63, 3.8) is 0 Å². The number of carbonyl (C=O) groups excluding carboxylic acids is 2. The van der Waals surface area contributed by atoms with E-state index in [4.69, 9.17) is 4.74 Å². The minimum atomic E-state index is -1.14. The predicted molar refractivity (Wildman–Crippen MR) is 99.3 cm³/mol. The van der Waals surface area contributed by atoms with Gasteiger partial charge in [-0.3, -0.25) is 14.5 Å². The van der Waals surface area contributed by atoms with Crippen molar-refractivity contribution in [1.29, 1.82) is 0 Å². The van der Waals surface area contributed by atoms with Gasteiger partial charge in [-0.15, -0.1) is 11.8 Å². The summed E-state index contributed by atoms with van der Waals surface area (Å²) in [6.45, 7) is 0. The van der Waals surface area contributed by atoms with Gasteiger partial charge in [0, 0.05) is 17.8 Å². The quantitative estimate of drug-likeness (QED) is 0.531. The minimum absolute atomic E-state index is 0.00522. The van der Waals surface area contributed by atoms with Gasteiger partial charge in [0.25, 0.3) is 5.91 Å². The molecule has 0 bridgehead atoms. The number of fused-ring (bicyclic) bond motifs is 1. The molecule has 2 heterocycles. The summed E-state index contributed by atoms with van der Waals surface area (Å²) in [4.78, 5) is 38.2. The molecule has 1 fully saturated rings. The molecule has 3 rings (SSSR count). The zero-order chi connectivity index (χ0) is 18.7. The number of carboxylic acid groups (broad SMARTS) is 1. The SMILES string of the molecule is COCSC1=C(C(=O)O)N2C(=O)[C@@H](NC(=O)Cc3ccccc3)[C@H]2SC1. The predicted octanol–water partition coefficient (Wildman–Crippen LogP) is 1.26. The molecule has 26 heavy (non-hydrogen) atoms. The highest BCUT2D eigenvalue weighted by molar-refractivity contribution is 8.06. The fraction of sp³-hybridized carbons (Fsp3) is 0.353. The molecule has 2 atom stereocenters. The number of rotatable bonds is 7. The van der Waals surface area contributed by atoms with Crippen LogP contribution >= 0.6 is 23.5 Å². The van der Waals surface area contributed by atoms with Crippen molar-refractivity contribution in [2.75, 3.05) is 18.8 Å². The number of hydrogen-bond acceptors (Lipinski definition) is 6. The van der Waals surface area contributed by atoms with Crippen LogP contribution in [-0.2, 0) is 25.5 Å². The Balaban J connectivity index is 1.68. The third-order valence-corrected chi connectivity index (χ3v) is 6.51. The molecule has 0 saturated carbocycles. The number of nitrogens with zero attached hydrogens (tertiary/aromatic N) is 1. The highest BCUT2D eigenvalue weighted by Gasteiger charge is 2.54. The van der Waals surface area contributed by atoms with Gasteiger partial charge < -0.3 is 15.2 Å². The Kier molecular flexibility index (Phi) is 5.90. The largest absolute Gasteiger partial charge is 0.477 e. The minimum Gasteiger partial charge on any atom is -0.477 e. The van der Waals surface area contributed by atoms with Crippen LogP contribution in [0, 0.1) is 0 Å². The van der Waals surface area contributed by atoms with Gasteiger partial charge in [-0.1, -0.05) is 42.1 Å². The topological polar surface area (TPSA) is 95.9 Å². The monoisotopic (exact) mass is 394 g/mol. The second-order valence-corrected chi connectivity index (χ2v) is 7.87. The average Bonchev–Trinajstić information content (AvgIpc) is 2.64. The van der Waals surface area contributed by atoms with Crippen LogP contribution in [0.1, 0.15) is 5.56 Å². The van der Waals surface area contributed by atoms with Crippen LogP contribution in [0.15, 0.2) is 40.9 Å².